The molecule has 1 atom stereocenters. The number of ketones is 1. The fraction of sp³-hybridized carbons (Fsp3) is 0.280. The number of nitro groups is 1. The minimum absolute atomic E-state index is 0.0260. The van der Waals surface area contributed by atoms with Gasteiger partial charge in [0.25, 0.3) is 5.69 Å². The van der Waals surface area contributed by atoms with Gasteiger partial charge in [-0.15, -0.1) is 0 Å². The van der Waals surface area contributed by atoms with Crippen LogP contribution in [-0.2, 0) is 9.59 Å². The highest BCUT2D eigenvalue weighted by Crippen LogP contribution is 2.46. The standard InChI is InChI=1S/C25H24N2O6/c1-3-13-33-17-9-7-16(8-10-17)19-15-24(29)26(21-5-4-6-23(28)25(19)21)20-12-11-18(32-2)14-22(20)27(30)31/h3,7-12,14,19H,1,4-6,13,15H2,2H3. The van der Waals surface area contributed by atoms with Gasteiger partial charge in [0.1, 0.15) is 23.8 Å². The molecule has 0 saturated heterocycles. The van der Waals surface area contributed by atoms with E-state index in [1.54, 1.807) is 24.3 Å². The molecule has 170 valence electrons. The van der Waals surface area contributed by atoms with Gasteiger partial charge in [-0.1, -0.05) is 24.8 Å². The van der Waals surface area contributed by atoms with Crippen LogP contribution in [0.2, 0.25) is 0 Å². The predicted octanol–water partition coefficient (Wildman–Crippen LogP) is 4.70. The van der Waals surface area contributed by atoms with E-state index in [4.69, 9.17) is 9.47 Å². The van der Waals surface area contributed by atoms with Gasteiger partial charge in [0.15, 0.2) is 5.78 Å². The van der Waals surface area contributed by atoms with E-state index in [0.29, 0.717) is 48.6 Å². The second-order valence-corrected chi connectivity index (χ2v) is 7.90. The summed E-state index contributed by atoms with van der Waals surface area (Å²) in [7, 11) is 1.42. The molecule has 8 heteroatoms. The number of benzene rings is 2. The lowest BCUT2D eigenvalue weighted by molar-refractivity contribution is -0.384. The molecule has 2 aromatic carbocycles. The van der Waals surface area contributed by atoms with Gasteiger partial charge >= 0.3 is 0 Å². The van der Waals surface area contributed by atoms with Crippen molar-refractivity contribution in [3.8, 4) is 11.5 Å². The van der Waals surface area contributed by atoms with Crippen molar-refractivity contribution in [3.63, 3.8) is 0 Å². The fourth-order valence-electron chi connectivity index (χ4n) is 4.47. The number of rotatable bonds is 7. The zero-order chi connectivity index (χ0) is 23.5. The molecule has 0 N–H and O–H groups in total. The monoisotopic (exact) mass is 448 g/mol. The Morgan fingerprint density at radius 2 is 1.88 bits per heavy atom. The first-order chi connectivity index (χ1) is 15.9. The first kappa shape index (κ1) is 22.3. The zero-order valence-electron chi connectivity index (χ0n) is 18.3. The molecule has 0 spiro atoms. The molecule has 8 nitrogen and oxygen atoms in total. The molecule has 1 amide bonds. The Morgan fingerprint density at radius 3 is 2.55 bits per heavy atom. The van der Waals surface area contributed by atoms with E-state index in [-0.39, 0.29) is 29.5 Å². The molecule has 2 aliphatic rings. The molecule has 0 bridgehead atoms. The maximum Gasteiger partial charge on any atom is 0.297 e. The van der Waals surface area contributed by atoms with Crippen LogP contribution in [0, 0.1) is 10.1 Å². The van der Waals surface area contributed by atoms with Crippen LogP contribution in [0.4, 0.5) is 11.4 Å². The number of allylic oxidation sites excluding steroid dienone is 2. The third-order valence-electron chi connectivity index (χ3n) is 5.95. The van der Waals surface area contributed by atoms with Crippen LogP contribution in [0.15, 0.2) is 66.4 Å². The van der Waals surface area contributed by atoms with E-state index in [0.717, 1.165) is 5.56 Å². The minimum Gasteiger partial charge on any atom is -0.496 e. The van der Waals surface area contributed by atoms with Crippen LogP contribution in [0.25, 0.3) is 0 Å². The molecular formula is C25H24N2O6. The largest absolute Gasteiger partial charge is 0.496 e. The predicted molar refractivity (Wildman–Crippen MR) is 123 cm³/mol. The molecule has 0 radical (unpaired) electrons. The van der Waals surface area contributed by atoms with Crippen LogP contribution < -0.4 is 14.4 Å². The molecule has 2 aromatic rings. The highest BCUT2D eigenvalue weighted by Gasteiger charge is 2.41. The van der Waals surface area contributed by atoms with Crippen molar-refractivity contribution >= 4 is 23.1 Å². The maximum atomic E-state index is 13.4. The number of anilines is 1. The quantitative estimate of drug-likeness (QED) is 0.346. The first-order valence-electron chi connectivity index (χ1n) is 10.7. The Balaban J connectivity index is 1.80. The molecule has 4 rings (SSSR count). The van der Waals surface area contributed by atoms with Crippen molar-refractivity contribution in [2.24, 2.45) is 0 Å². The number of carbonyl (C=O) groups excluding carboxylic acids is 2. The van der Waals surface area contributed by atoms with E-state index in [1.165, 1.54) is 24.1 Å². The van der Waals surface area contributed by atoms with Crippen LogP contribution in [0.1, 0.15) is 37.2 Å². The average molecular weight is 448 g/mol. The van der Waals surface area contributed by atoms with E-state index >= 15 is 0 Å². The number of carbonyl (C=O) groups is 2. The summed E-state index contributed by atoms with van der Waals surface area (Å²) in [5, 5.41) is 11.8. The summed E-state index contributed by atoms with van der Waals surface area (Å²) in [5.41, 5.74) is 1.86. The molecule has 0 fully saturated rings. The Bertz CT molecular complexity index is 1150. The van der Waals surface area contributed by atoms with Crippen molar-refractivity contribution in [1.29, 1.82) is 0 Å². The SMILES string of the molecule is C=CCOc1ccc(C2CC(=O)N(c3ccc(OC)cc3[N+](=O)[O-])C3=C2C(=O)CCC3)cc1. The first-order valence-corrected chi connectivity index (χ1v) is 10.7. The van der Waals surface area contributed by atoms with Gasteiger partial charge in [0, 0.05) is 30.0 Å². The van der Waals surface area contributed by atoms with Gasteiger partial charge in [-0.05, 0) is 42.7 Å². The molecule has 1 heterocycles. The van der Waals surface area contributed by atoms with Crippen LogP contribution >= 0.6 is 0 Å². The Labute approximate surface area is 191 Å². The third kappa shape index (κ3) is 4.24. The van der Waals surface area contributed by atoms with Crippen molar-refractivity contribution < 1.29 is 24.0 Å². The lowest BCUT2D eigenvalue weighted by atomic mass is 9.77. The van der Waals surface area contributed by atoms with Gasteiger partial charge in [0.05, 0.1) is 18.1 Å². The summed E-state index contributed by atoms with van der Waals surface area (Å²) >= 11 is 0. The van der Waals surface area contributed by atoms with E-state index in [2.05, 4.69) is 6.58 Å². The molecule has 1 aliphatic carbocycles. The van der Waals surface area contributed by atoms with Crippen LogP contribution in [-0.4, -0.2) is 30.3 Å². The molecule has 33 heavy (non-hydrogen) atoms. The Kier molecular flexibility index (Phi) is 6.26. The number of hydrogen-bond acceptors (Lipinski definition) is 6. The number of nitrogens with zero attached hydrogens (tertiary/aromatic N) is 2. The van der Waals surface area contributed by atoms with Gasteiger partial charge in [0.2, 0.25) is 5.91 Å². The smallest absolute Gasteiger partial charge is 0.297 e. The highest BCUT2D eigenvalue weighted by molar-refractivity contribution is 6.08. The molecule has 1 aliphatic heterocycles. The maximum absolute atomic E-state index is 13.4. The summed E-state index contributed by atoms with van der Waals surface area (Å²) in [6.07, 6.45) is 3.17. The molecule has 1 unspecified atom stereocenters. The van der Waals surface area contributed by atoms with Crippen molar-refractivity contribution in [2.45, 2.75) is 31.6 Å². The minimum atomic E-state index is -0.538. The van der Waals surface area contributed by atoms with Crippen molar-refractivity contribution in [3.05, 3.63) is 82.1 Å². The van der Waals surface area contributed by atoms with Gasteiger partial charge in [-0.3, -0.25) is 24.6 Å². The fourth-order valence-corrected chi connectivity index (χ4v) is 4.47. The summed E-state index contributed by atoms with van der Waals surface area (Å²) < 4.78 is 10.6. The van der Waals surface area contributed by atoms with Crippen LogP contribution in [0.3, 0.4) is 0 Å². The number of ether oxygens (including phenoxy) is 2. The van der Waals surface area contributed by atoms with Crippen molar-refractivity contribution in [1.82, 2.24) is 0 Å². The summed E-state index contributed by atoms with van der Waals surface area (Å²) in [4.78, 5) is 39.0. The van der Waals surface area contributed by atoms with E-state index < -0.39 is 10.8 Å². The van der Waals surface area contributed by atoms with Gasteiger partial charge in [-0.25, -0.2) is 0 Å². The summed E-state index contributed by atoms with van der Waals surface area (Å²) in [5.74, 6) is 0.277. The lowest BCUT2D eigenvalue weighted by Gasteiger charge is -2.38. The second-order valence-electron chi connectivity index (χ2n) is 7.90. The summed E-state index contributed by atoms with van der Waals surface area (Å²) in [6.45, 7) is 4.01. The lowest BCUT2D eigenvalue weighted by Crippen LogP contribution is -2.40. The Hall–Kier alpha value is -3.94. The number of methoxy groups -OCH3 is 1. The molecule has 0 aromatic heterocycles. The second kappa shape index (κ2) is 9.28. The van der Waals surface area contributed by atoms with Crippen LogP contribution in [0.5, 0.6) is 11.5 Å². The molecule has 0 saturated carbocycles. The Morgan fingerprint density at radius 1 is 1.15 bits per heavy atom. The normalized spacial score (nSPS) is 18.1. The number of amides is 1. The van der Waals surface area contributed by atoms with Gasteiger partial charge in [-0.2, -0.15) is 0 Å². The average Bonchev–Trinajstić information content (AvgIpc) is 2.82. The third-order valence-corrected chi connectivity index (χ3v) is 5.95. The number of Topliss-reactive ketones (excluding diaryl/α,β-unsaturated/α-hetero) is 1. The topological polar surface area (TPSA) is 99.0 Å². The van der Waals surface area contributed by atoms with Crippen molar-refractivity contribution in [2.75, 3.05) is 18.6 Å². The van der Waals surface area contributed by atoms with E-state index in [9.17, 15) is 19.7 Å². The highest BCUT2D eigenvalue weighted by atomic mass is 16.6. The summed E-state index contributed by atoms with van der Waals surface area (Å²) in [6, 6.07) is 11.7. The number of hydrogen-bond donors (Lipinski definition) is 0. The molecular weight excluding hydrogens is 424 g/mol. The number of nitro benzene ring substituents is 1. The zero-order valence-corrected chi connectivity index (χ0v) is 18.3. The van der Waals surface area contributed by atoms with E-state index in [1.807, 2.05) is 12.1 Å². The van der Waals surface area contributed by atoms with Gasteiger partial charge < -0.3 is 9.47 Å².